The molecule has 0 aliphatic heterocycles. The Hall–Kier alpha value is -2.77. The number of nitrogens with zero attached hydrogens (tertiary/aromatic N) is 2. The minimum atomic E-state index is -1.33. The number of hydrogen-bond acceptors (Lipinski definition) is 7. The zero-order chi connectivity index (χ0) is 19.9. The first-order chi connectivity index (χ1) is 13.5. The summed E-state index contributed by atoms with van der Waals surface area (Å²) in [5, 5.41) is 19.9. The van der Waals surface area contributed by atoms with Gasteiger partial charge in [-0.2, -0.15) is 0 Å². The van der Waals surface area contributed by atoms with Crippen LogP contribution in [-0.4, -0.2) is 16.2 Å². The van der Waals surface area contributed by atoms with Crippen molar-refractivity contribution in [2.75, 3.05) is 0 Å². The number of carboxylic acid groups (broad SMARTS) is 1. The summed E-state index contributed by atoms with van der Waals surface area (Å²) in [5.41, 5.74) is 1.50. The third kappa shape index (κ3) is 5.37. The van der Waals surface area contributed by atoms with Gasteiger partial charge in [0.05, 0.1) is 5.97 Å². The van der Waals surface area contributed by atoms with Crippen LogP contribution >= 0.6 is 23.4 Å². The van der Waals surface area contributed by atoms with Crippen LogP contribution in [0.2, 0.25) is 5.02 Å². The molecule has 0 fully saturated rings. The second kappa shape index (κ2) is 9.43. The Labute approximate surface area is 171 Å². The molecule has 1 aromatic heterocycles. The number of hydrogen-bond donors (Lipinski definition) is 0. The number of ether oxygens (including phenoxy) is 1. The number of aromatic nitrogens is 2. The highest BCUT2D eigenvalue weighted by Crippen LogP contribution is 2.28. The molecule has 0 saturated carbocycles. The summed E-state index contributed by atoms with van der Waals surface area (Å²) in [6, 6.07) is 14.5. The van der Waals surface area contributed by atoms with Gasteiger partial charge in [0.25, 0.3) is 5.22 Å². The number of benzene rings is 2. The van der Waals surface area contributed by atoms with Crippen LogP contribution in [-0.2, 0) is 17.8 Å². The number of carbonyl (C=O) groups excluding carboxylic acids is 1. The molecule has 0 aliphatic carbocycles. The van der Waals surface area contributed by atoms with Gasteiger partial charge in [-0.3, -0.25) is 0 Å². The van der Waals surface area contributed by atoms with Crippen LogP contribution in [0.15, 0.2) is 63.1 Å². The van der Waals surface area contributed by atoms with Crippen molar-refractivity contribution in [2.24, 2.45) is 0 Å². The van der Waals surface area contributed by atoms with Crippen LogP contribution in [0.3, 0.4) is 0 Å². The van der Waals surface area contributed by atoms with Gasteiger partial charge in [0.2, 0.25) is 5.89 Å². The molecule has 0 N–H and O–H groups in total. The molecule has 0 bridgehead atoms. The molecule has 0 spiro atoms. The molecule has 3 rings (SSSR count). The predicted octanol–water partition coefficient (Wildman–Crippen LogP) is 3.75. The van der Waals surface area contributed by atoms with Crippen LogP contribution in [0.1, 0.15) is 23.9 Å². The van der Waals surface area contributed by atoms with Crippen molar-refractivity contribution in [2.45, 2.75) is 25.2 Å². The van der Waals surface area contributed by atoms with Gasteiger partial charge in [-0.05, 0) is 41.6 Å². The standard InChI is InChI=1S/C20H17ClN2O4S/c1-2-18-22-23-20(27-18)28-17(19(24)25)11-13-6-5-8-15(10-13)26-12-14-7-3-4-9-16(14)21/h3-11H,2,12H2,1H3,(H,24,25)/p-1/b17-11+. The van der Waals surface area contributed by atoms with Crippen LogP contribution in [0.5, 0.6) is 5.75 Å². The van der Waals surface area contributed by atoms with Gasteiger partial charge >= 0.3 is 0 Å². The number of carbonyl (C=O) groups is 1. The highest BCUT2D eigenvalue weighted by Gasteiger charge is 2.10. The van der Waals surface area contributed by atoms with E-state index in [1.165, 1.54) is 6.08 Å². The average Bonchev–Trinajstić information content (AvgIpc) is 3.15. The number of halogens is 1. The van der Waals surface area contributed by atoms with E-state index in [1.807, 2.05) is 25.1 Å². The molecule has 1 heterocycles. The van der Waals surface area contributed by atoms with E-state index < -0.39 is 5.97 Å². The summed E-state index contributed by atoms with van der Waals surface area (Å²) >= 11 is 6.98. The van der Waals surface area contributed by atoms with Gasteiger partial charge in [0, 0.05) is 21.9 Å². The average molecular weight is 416 g/mol. The number of aliphatic carboxylic acids is 1. The lowest BCUT2D eigenvalue weighted by molar-refractivity contribution is -0.298. The highest BCUT2D eigenvalue weighted by molar-refractivity contribution is 8.03. The zero-order valence-electron chi connectivity index (χ0n) is 14.9. The lowest BCUT2D eigenvalue weighted by Gasteiger charge is -2.09. The lowest BCUT2D eigenvalue weighted by atomic mass is 10.2. The van der Waals surface area contributed by atoms with Crippen LogP contribution in [0, 0.1) is 0 Å². The Morgan fingerprint density at radius 3 is 2.79 bits per heavy atom. The van der Waals surface area contributed by atoms with Crippen LogP contribution in [0.4, 0.5) is 0 Å². The molecule has 6 nitrogen and oxygen atoms in total. The zero-order valence-corrected chi connectivity index (χ0v) is 16.5. The van der Waals surface area contributed by atoms with Gasteiger partial charge in [0.1, 0.15) is 12.4 Å². The Balaban J connectivity index is 1.74. The van der Waals surface area contributed by atoms with Crippen LogP contribution in [0.25, 0.3) is 6.08 Å². The summed E-state index contributed by atoms with van der Waals surface area (Å²) in [6.45, 7) is 2.17. The maximum Gasteiger partial charge on any atom is 0.281 e. The molecule has 0 amide bonds. The Morgan fingerprint density at radius 2 is 2.07 bits per heavy atom. The Bertz CT molecular complexity index is 1000. The Morgan fingerprint density at radius 1 is 1.25 bits per heavy atom. The Kier molecular flexibility index (Phi) is 6.73. The number of thioether (sulfide) groups is 1. The lowest BCUT2D eigenvalue weighted by Crippen LogP contribution is -2.23. The van der Waals surface area contributed by atoms with E-state index in [0.29, 0.717) is 35.3 Å². The summed E-state index contributed by atoms with van der Waals surface area (Å²) in [5.74, 6) is -0.304. The van der Waals surface area contributed by atoms with Crippen LogP contribution < -0.4 is 9.84 Å². The molecular weight excluding hydrogens is 400 g/mol. The van der Waals surface area contributed by atoms with Crippen molar-refractivity contribution >= 4 is 35.4 Å². The van der Waals surface area contributed by atoms with E-state index in [2.05, 4.69) is 10.2 Å². The second-order valence-corrected chi connectivity index (χ2v) is 7.07. The van der Waals surface area contributed by atoms with Gasteiger partial charge < -0.3 is 19.1 Å². The van der Waals surface area contributed by atoms with Gasteiger partial charge in [0.15, 0.2) is 0 Å². The number of rotatable bonds is 8. The van der Waals surface area contributed by atoms with Crippen molar-refractivity contribution in [3.63, 3.8) is 0 Å². The molecule has 0 saturated heterocycles. The quantitative estimate of drug-likeness (QED) is 0.409. The number of aryl methyl sites for hydroxylation is 1. The topological polar surface area (TPSA) is 88.3 Å². The molecule has 0 atom stereocenters. The molecule has 8 heteroatoms. The second-order valence-electron chi connectivity index (χ2n) is 5.67. The van der Waals surface area contributed by atoms with E-state index in [-0.39, 0.29) is 10.1 Å². The van der Waals surface area contributed by atoms with E-state index in [1.54, 1.807) is 30.3 Å². The highest BCUT2D eigenvalue weighted by atomic mass is 35.5. The number of carboxylic acids is 1. The van der Waals surface area contributed by atoms with Gasteiger partial charge in [-0.15, -0.1) is 10.2 Å². The van der Waals surface area contributed by atoms with Crippen molar-refractivity contribution in [3.05, 3.63) is 75.5 Å². The third-order valence-corrected chi connectivity index (χ3v) is 4.87. The first-order valence-corrected chi connectivity index (χ1v) is 9.64. The SMILES string of the molecule is CCc1nnc(S/C(=C/c2cccc(OCc3ccccc3Cl)c2)C(=O)[O-])o1. The first kappa shape index (κ1) is 20.0. The van der Waals surface area contributed by atoms with E-state index in [9.17, 15) is 9.90 Å². The molecule has 2 aromatic carbocycles. The van der Waals surface area contributed by atoms with E-state index in [4.69, 9.17) is 20.8 Å². The maximum absolute atomic E-state index is 11.5. The fourth-order valence-electron chi connectivity index (χ4n) is 2.27. The summed E-state index contributed by atoms with van der Waals surface area (Å²) < 4.78 is 11.1. The molecule has 144 valence electrons. The fraction of sp³-hybridized carbons (Fsp3) is 0.150. The summed E-state index contributed by atoms with van der Waals surface area (Å²) in [4.78, 5) is 11.4. The minimum absolute atomic E-state index is 0.0467. The molecule has 3 aromatic rings. The third-order valence-electron chi connectivity index (χ3n) is 3.66. The molecular formula is C20H16ClN2O4S-. The summed E-state index contributed by atoms with van der Waals surface area (Å²) in [7, 11) is 0. The smallest absolute Gasteiger partial charge is 0.281 e. The molecule has 28 heavy (non-hydrogen) atoms. The minimum Gasteiger partial charge on any atom is -0.544 e. The van der Waals surface area contributed by atoms with Crippen molar-refractivity contribution in [1.29, 1.82) is 0 Å². The first-order valence-electron chi connectivity index (χ1n) is 8.44. The van der Waals surface area contributed by atoms with E-state index >= 15 is 0 Å². The fourth-order valence-corrected chi connectivity index (χ4v) is 3.14. The van der Waals surface area contributed by atoms with Crippen molar-refractivity contribution in [1.82, 2.24) is 10.2 Å². The molecule has 0 unspecified atom stereocenters. The molecule has 0 aliphatic rings. The molecule has 0 radical (unpaired) electrons. The normalized spacial score (nSPS) is 11.4. The van der Waals surface area contributed by atoms with Gasteiger partial charge in [-0.25, -0.2) is 0 Å². The van der Waals surface area contributed by atoms with Gasteiger partial charge in [-0.1, -0.05) is 48.9 Å². The monoisotopic (exact) mass is 415 g/mol. The van der Waals surface area contributed by atoms with Crippen molar-refractivity contribution in [3.8, 4) is 5.75 Å². The maximum atomic E-state index is 11.5. The van der Waals surface area contributed by atoms with Crippen molar-refractivity contribution < 1.29 is 19.1 Å². The largest absolute Gasteiger partial charge is 0.544 e. The summed E-state index contributed by atoms with van der Waals surface area (Å²) in [6.07, 6.45) is 2.04. The van der Waals surface area contributed by atoms with E-state index in [0.717, 1.165) is 17.3 Å². The predicted molar refractivity (Wildman–Crippen MR) is 105 cm³/mol.